The van der Waals surface area contributed by atoms with Crippen molar-refractivity contribution < 1.29 is 4.42 Å². The Morgan fingerprint density at radius 3 is 1.86 bits per heavy atom. The van der Waals surface area contributed by atoms with E-state index in [1.807, 2.05) is 17.8 Å². The number of furan rings is 1. The minimum absolute atomic E-state index is 0.570. The SMILES string of the molecule is c1ccc(-n2c3ccccc3c3cc(N(c4ccc5c(c4)C4(c6ccccc6Sc6ccccc64)c4cccc6cccc-5c46)c4ccc5c(c4)oc4ccccc45)ccc32)cc1. The molecule has 0 atom stereocenters. The summed E-state index contributed by atoms with van der Waals surface area (Å²) in [6.45, 7) is 0. The van der Waals surface area contributed by atoms with E-state index in [2.05, 4.69) is 222 Å². The van der Waals surface area contributed by atoms with Crippen LogP contribution in [-0.2, 0) is 5.41 Å². The van der Waals surface area contributed by atoms with E-state index in [0.717, 1.165) is 44.7 Å². The van der Waals surface area contributed by atoms with Crippen LogP contribution < -0.4 is 4.90 Å². The molecule has 14 rings (SSSR count). The van der Waals surface area contributed by atoms with E-state index in [0.29, 0.717) is 0 Å². The van der Waals surface area contributed by atoms with Gasteiger partial charge in [0.15, 0.2) is 0 Å². The van der Waals surface area contributed by atoms with Crippen molar-refractivity contribution in [3.05, 3.63) is 241 Å². The third-order valence-electron chi connectivity index (χ3n) is 13.6. The molecule has 294 valence electrons. The highest BCUT2D eigenvalue weighted by molar-refractivity contribution is 7.99. The van der Waals surface area contributed by atoms with Crippen molar-refractivity contribution in [2.24, 2.45) is 0 Å². The Hall–Kier alpha value is -7.79. The molecular formula is C59H36N2OS. The van der Waals surface area contributed by atoms with Crippen molar-refractivity contribution in [1.82, 2.24) is 4.57 Å². The molecule has 0 bridgehead atoms. The second kappa shape index (κ2) is 13.1. The summed E-state index contributed by atoms with van der Waals surface area (Å²) in [5, 5.41) is 7.23. The van der Waals surface area contributed by atoms with Gasteiger partial charge in [-0.2, -0.15) is 0 Å². The molecule has 0 unspecified atom stereocenters. The molecule has 0 amide bonds. The van der Waals surface area contributed by atoms with Crippen molar-refractivity contribution >= 4 is 83.3 Å². The van der Waals surface area contributed by atoms with E-state index in [-0.39, 0.29) is 0 Å². The zero-order valence-corrected chi connectivity index (χ0v) is 34.8. The van der Waals surface area contributed by atoms with E-state index in [1.54, 1.807) is 0 Å². The summed E-state index contributed by atoms with van der Waals surface area (Å²) >= 11 is 1.88. The van der Waals surface area contributed by atoms with E-state index >= 15 is 0 Å². The highest BCUT2D eigenvalue weighted by atomic mass is 32.2. The Labute approximate surface area is 368 Å². The van der Waals surface area contributed by atoms with Crippen LogP contribution in [0.4, 0.5) is 17.1 Å². The molecule has 2 aliphatic rings. The number of fused-ring (bicyclic) bond motifs is 14. The maximum atomic E-state index is 6.59. The molecule has 10 aromatic carbocycles. The maximum Gasteiger partial charge on any atom is 0.137 e. The molecule has 1 aliphatic heterocycles. The lowest BCUT2D eigenvalue weighted by molar-refractivity contribution is 0.669. The number of anilines is 3. The first-order valence-corrected chi connectivity index (χ1v) is 22.4. The van der Waals surface area contributed by atoms with Crippen molar-refractivity contribution in [3.8, 4) is 16.8 Å². The number of nitrogens with zero attached hydrogens (tertiary/aromatic N) is 2. The topological polar surface area (TPSA) is 21.3 Å². The molecule has 0 saturated carbocycles. The lowest BCUT2D eigenvalue weighted by atomic mass is 9.59. The predicted octanol–water partition coefficient (Wildman–Crippen LogP) is 16.1. The highest BCUT2D eigenvalue weighted by Gasteiger charge is 2.48. The van der Waals surface area contributed by atoms with Crippen molar-refractivity contribution in [1.29, 1.82) is 0 Å². The normalized spacial score (nSPS) is 13.5. The standard InChI is InChI=1S/C59H36N2OS/c1-2-16-38(17-3-1)61-52-24-8-4-18-43(52)47-34-39(30-33-53(47)61)60(41-29-32-45-44-19-5-9-25-54(44)62-55(45)36-41)40-28-31-42-46-20-12-14-37-15-13-23-50(58(37)46)59(51(42)35-40)48-21-6-10-26-56(48)63-57-27-11-7-22-49(57)59/h1-36H. The molecule has 3 heterocycles. The summed E-state index contributed by atoms with van der Waals surface area (Å²) < 4.78 is 8.98. The zero-order chi connectivity index (χ0) is 41.2. The average molecular weight is 821 g/mol. The third-order valence-corrected chi connectivity index (χ3v) is 14.8. The molecule has 2 aromatic heterocycles. The quantitative estimate of drug-likeness (QED) is 0.176. The van der Waals surface area contributed by atoms with Crippen LogP contribution in [0.5, 0.6) is 0 Å². The smallest absolute Gasteiger partial charge is 0.137 e. The Morgan fingerprint density at radius 2 is 1.02 bits per heavy atom. The Balaban J connectivity index is 1.08. The number of hydrogen-bond acceptors (Lipinski definition) is 3. The van der Waals surface area contributed by atoms with Crippen molar-refractivity contribution in [2.45, 2.75) is 15.2 Å². The van der Waals surface area contributed by atoms with Gasteiger partial charge >= 0.3 is 0 Å². The van der Waals surface area contributed by atoms with Gasteiger partial charge in [-0.25, -0.2) is 0 Å². The van der Waals surface area contributed by atoms with Gasteiger partial charge in [0.25, 0.3) is 0 Å². The van der Waals surface area contributed by atoms with E-state index in [1.165, 1.54) is 75.7 Å². The number of hydrogen-bond donors (Lipinski definition) is 0. The van der Waals surface area contributed by atoms with Crippen LogP contribution in [0.2, 0.25) is 0 Å². The monoisotopic (exact) mass is 820 g/mol. The fourth-order valence-electron chi connectivity index (χ4n) is 11.1. The number of rotatable bonds is 4. The van der Waals surface area contributed by atoms with Gasteiger partial charge in [0, 0.05) is 60.2 Å². The van der Waals surface area contributed by atoms with Crippen molar-refractivity contribution in [2.75, 3.05) is 4.90 Å². The predicted molar refractivity (Wildman–Crippen MR) is 262 cm³/mol. The van der Waals surface area contributed by atoms with Gasteiger partial charge in [-0.3, -0.25) is 0 Å². The van der Waals surface area contributed by atoms with Gasteiger partial charge < -0.3 is 13.9 Å². The molecule has 1 spiro atoms. The summed E-state index contributed by atoms with van der Waals surface area (Å²) in [7, 11) is 0. The van der Waals surface area contributed by atoms with Gasteiger partial charge in [-0.05, 0) is 123 Å². The van der Waals surface area contributed by atoms with E-state index < -0.39 is 5.41 Å². The molecule has 0 radical (unpaired) electrons. The molecule has 0 N–H and O–H groups in total. The molecule has 1 aliphatic carbocycles. The van der Waals surface area contributed by atoms with Gasteiger partial charge in [0.05, 0.1) is 16.4 Å². The van der Waals surface area contributed by atoms with Crippen LogP contribution in [0.1, 0.15) is 22.3 Å². The average Bonchev–Trinajstić information content (AvgIpc) is 3.88. The Kier molecular flexibility index (Phi) is 7.26. The number of aromatic nitrogens is 1. The number of para-hydroxylation sites is 3. The molecular weight excluding hydrogens is 785 g/mol. The van der Waals surface area contributed by atoms with Gasteiger partial charge in [-0.1, -0.05) is 145 Å². The van der Waals surface area contributed by atoms with E-state index in [9.17, 15) is 0 Å². The first-order valence-electron chi connectivity index (χ1n) is 21.6. The summed E-state index contributed by atoms with van der Waals surface area (Å²) in [4.78, 5) is 5.01. The fourth-order valence-corrected chi connectivity index (χ4v) is 12.3. The lowest BCUT2D eigenvalue weighted by Crippen LogP contribution is -2.36. The van der Waals surface area contributed by atoms with Crippen LogP contribution in [0.25, 0.3) is 71.3 Å². The minimum Gasteiger partial charge on any atom is -0.456 e. The Morgan fingerprint density at radius 1 is 0.397 bits per heavy atom. The van der Waals surface area contributed by atoms with Gasteiger partial charge in [0.1, 0.15) is 11.2 Å². The molecule has 0 fully saturated rings. The Bertz CT molecular complexity index is 3810. The lowest BCUT2D eigenvalue weighted by Gasteiger charge is -2.46. The second-order valence-corrected chi connectivity index (χ2v) is 17.9. The first-order chi connectivity index (χ1) is 31.2. The van der Waals surface area contributed by atoms with Gasteiger partial charge in [-0.15, -0.1) is 0 Å². The fraction of sp³-hybridized carbons (Fsp3) is 0.0169. The molecule has 12 aromatic rings. The third kappa shape index (κ3) is 4.81. The van der Waals surface area contributed by atoms with E-state index in [4.69, 9.17) is 4.42 Å². The highest BCUT2D eigenvalue weighted by Crippen LogP contribution is 2.62. The summed E-state index contributed by atoms with van der Waals surface area (Å²) in [6.07, 6.45) is 0. The zero-order valence-electron chi connectivity index (χ0n) is 34.0. The summed E-state index contributed by atoms with van der Waals surface area (Å²) in [6, 6.07) is 80.5. The first kappa shape index (κ1) is 34.9. The number of benzene rings is 10. The molecule has 63 heavy (non-hydrogen) atoms. The summed E-state index contributed by atoms with van der Waals surface area (Å²) in [5.41, 5.74) is 15.6. The summed E-state index contributed by atoms with van der Waals surface area (Å²) in [5.74, 6) is 0. The largest absolute Gasteiger partial charge is 0.456 e. The molecule has 3 nitrogen and oxygen atoms in total. The molecule has 4 heteroatoms. The molecule has 0 saturated heterocycles. The van der Waals surface area contributed by atoms with Crippen LogP contribution in [0, 0.1) is 0 Å². The van der Waals surface area contributed by atoms with Gasteiger partial charge in [0.2, 0.25) is 0 Å². The van der Waals surface area contributed by atoms with Crippen LogP contribution in [0.15, 0.2) is 233 Å². The van der Waals surface area contributed by atoms with Crippen LogP contribution in [0.3, 0.4) is 0 Å². The van der Waals surface area contributed by atoms with Crippen molar-refractivity contribution in [3.63, 3.8) is 0 Å². The van der Waals surface area contributed by atoms with Crippen LogP contribution >= 0.6 is 11.8 Å². The maximum absolute atomic E-state index is 6.59. The second-order valence-electron chi connectivity index (χ2n) is 16.8. The minimum atomic E-state index is -0.570. The van der Waals surface area contributed by atoms with Crippen LogP contribution in [-0.4, -0.2) is 4.57 Å².